The predicted molar refractivity (Wildman–Crippen MR) is 55.9 cm³/mol. The van der Waals surface area contributed by atoms with Gasteiger partial charge >= 0.3 is 0 Å². The molecule has 1 aromatic heterocycles. The largest absolute Gasteiger partial charge is 0.387 e. The summed E-state index contributed by atoms with van der Waals surface area (Å²) in [7, 11) is 1.85. The van der Waals surface area contributed by atoms with Crippen LogP contribution in [0.1, 0.15) is 38.1 Å². The Kier molecular flexibility index (Phi) is 2.97. The van der Waals surface area contributed by atoms with Crippen molar-refractivity contribution in [3.05, 3.63) is 17.5 Å². The first-order valence-electron chi connectivity index (χ1n) is 4.78. The van der Waals surface area contributed by atoms with Crippen molar-refractivity contribution in [2.24, 2.45) is 12.8 Å². The number of nitrogens with two attached hydrogens (primary N) is 1. The fraction of sp³-hybridized carbons (Fsp3) is 0.700. The lowest BCUT2D eigenvalue weighted by Gasteiger charge is -2.19. The van der Waals surface area contributed by atoms with Crippen LogP contribution in [0.15, 0.2) is 6.20 Å². The van der Waals surface area contributed by atoms with Gasteiger partial charge in [-0.1, -0.05) is 20.8 Å². The summed E-state index contributed by atoms with van der Waals surface area (Å²) in [6, 6.07) is 0. The van der Waals surface area contributed by atoms with E-state index in [-0.39, 0.29) is 12.0 Å². The molecule has 0 radical (unpaired) electrons. The van der Waals surface area contributed by atoms with Crippen molar-refractivity contribution in [3.63, 3.8) is 0 Å². The van der Waals surface area contributed by atoms with Crippen LogP contribution >= 0.6 is 0 Å². The van der Waals surface area contributed by atoms with Crippen LogP contribution in [-0.2, 0) is 12.5 Å². The van der Waals surface area contributed by atoms with E-state index < -0.39 is 6.10 Å². The molecule has 0 aliphatic heterocycles. The van der Waals surface area contributed by atoms with Gasteiger partial charge < -0.3 is 10.8 Å². The molecule has 0 aliphatic carbocycles. The second-order valence-electron chi connectivity index (χ2n) is 4.61. The molecular formula is C10H19N3O. The summed E-state index contributed by atoms with van der Waals surface area (Å²) >= 11 is 0. The van der Waals surface area contributed by atoms with Crippen molar-refractivity contribution in [2.45, 2.75) is 32.3 Å². The zero-order valence-electron chi connectivity index (χ0n) is 9.28. The van der Waals surface area contributed by atoms with Crippen LogP contribution in [0.3, 0.4) is 0 Å². The summed E-state index contributed by atoms with van der Waals surface area (Å²) < 4.78 is 1.72. The number of rotatable bonds is 2. The van der Waals surface area contributed by atoms with E-state index >= 15 is 0 Å². The van der Waals surface area contributed by atoms with Crippen LogP contribution in [0.4, 0.5) is 0 Å². The average Bonchev–Trinajstić information content (AvgIpc) is 2.45. The molecule has 0 aliphatic rings. The Labute approximate surface area is 84.7 Å². The fourth-order valence-electron chi connectivity index (χ4n) is 1.46. The third-order valence-electron chi connectivity index (χ3n) is 2.15. The van der Waals surface area contributed by atoms with Gasteiger partial charge in [0.15, 0.2) is 0 Å². The van der Waals surface area contributed by atoms with Crippen LogP contribution in [0.2, 0.25) is 0 Å². The maximum atomic E-state index is 9.71. The molecular weight excluding hydrogens is 178 g/mol. The molecule has 0 unspecified atom stereocenters. The molecule has 4 nitrogen and oxygen atoms in total. The van der Waals surface area contributed by atoms with Gasteiger partial charge in [-0.3, -0.25) is 4.68 Å². The average molecular weight is 197 g/mol. The Bertz CT molecular complexity index is 312. The zero-order chi connectivity index (χ0) is 10.9. The minimum absolute atomic E-state index is 0.0628. The molecule has 0 saturated carbocycles. The molecule has 1 atom stereocenters. The first-order valence-corrected chi connectivity index (χ1v) is 4.78. The van der Waals surface area contributed by atoms with Gasteiger partial charge in [-0.05, 0) is 0 Å². The summed E-state index contributed by atoms with van der Waals surface area (Å²) in [6.45, 7) is 6.45. The van der Waals surface area contributed by atoms with Crippen molar-refractivity contribution >= 4 is 0 Å². The first-order chi connectivity index (χ1) is 6.36. The van der Waals surface area contributed by atoms with Gasteiger partial charge in [-0.25, -0.2) is 0 Å². The monoisotopic (exact) mass is 197 g/mol. The van der Waals surface area contributed by atoms with Crippen molar-refractivity contribution in [1.29, 1.82) is 0 Å². The molecule has 1 rings (SSSR count). The van der Waals surface area contributed by atoms with E-state index in [1.165, 1.54) is 0 Å². The molecule has 0 spiro atoms. The predicted octanol–water partition coefficient (Wildman–Crippen LogP) is 0.710. The molecule has 1 aromatic rings. The molecule has 1 heterocycles. The van der Waals surface area contributed by atoms with Crippen molar-refractivity contribution in [3.8, 4) is 0 Å². The highest BCUT2D eigenvalue weighted by molar-refractivity contribution is 5.26. The van der Waals surface area contributed by atoms with E-state index in [0.29, 0.717) is 0 Å². The molecule has 3 N–H and O–H groups in total. The second-order valence-corrected chi connectivity index (χ2v) is 4.61. The topological polar surface area (TPSA) is 64.1 Å². The van der Waals surface area contributed by atoms with E-state index in [1.807, 2.05) is 13.2 Å². The lowest BCUT2D eigenvalue weighted by molar-refractivity contribution is 0.184. The summed E-state index contributed by atoms with van der Waals surface area (Å²) in [5.41, 5.74) is 7.13. The number of aliphatic hydroxyl groups is 1. The highest BCUT2D eigenvalue weighted by Gasteiger charge is 2.24. The molecule has 0 amide bonds. The minimum atomic E-state index is -0.613. The van der Waals surface area contributed by atoms with E-state index in [9.17, 15) is 5.11 Å². The Hall–Kier alpha value is -0.870. The lowest BCUT2D eigenvalue weighted by atomic mass is 9.88. The van der Waals surface area contributed by atoms with Crippen molar-refractivity contribution in [2.75, 3.05) is 6.54 Å². The summed E-state index contributed by atoms with van der Waals surface area (Å²) in [5, 5.41) is 14.1. The van der Waals surface area contributed by atoms with Crippen LogP contribution < -0.4 is 5.73 Å². The molecule has 0 aromatic carbocycles. The van der Waals surface area contributed by atoms with Gasteiger partial charge in [-0.15, -0.1) is 0 Å². The van der Waals surface area contributed by atoms with E-state index in [1.54, 1.807) is 4.68 Å². The van der Waals surface area contributed by atoms with Gasteiger partial charge in [0.25, 0.3) is 0 Å². The van der Waals surface area contributed by atoms with E-state index in [0.717, 1.165) is 11.3 Å². The molecule has 14 heavy (non-hydrogen) atoms. The highest BCUT2D eigenvalue weighted by atomic mass is 16.3. The normalized spacial score (nSPS) is 14.4. The quantitative estimate of drug-likeness (QED) is 0.734. The van der Waals surface area contributed by atoms with Gasteiger partial charge in [-0.2, -0.15) is 5.10 Å². The minimum Gasteiger partial charge on any atom is -0.387 e. The number of hydrogen-bond donors (Lipinski definition) is 2. The van der Waals surface area contributed by atoms with Crippen molar-refractivity contribution in [1.82, 2.24) is 9.78 Å². The zero-order valence-corrected chi connectivity index (χ0v) is 9.28. The summed E-state index contributed by atoms with van der Waals surface area (Å²) in [4.78, 5) is 0. The maximum Gasteiger partial charge on any atom is 0.0945 e. The van der Waals surface area contributed by atoms with E-state index in [2.05, 4.69) is 25.9 Å². The first kappa shape index (κ1) is 11.2. The Balaban J connectivity index is 3.16. The Morgan fingerprint density at radius 2 is 2.14 bits per heavy atom. The third kappa shape index (κ3) is 2.13. The lowest BCUT2D eigenvalue weighted by Crippen LogP contribution is -2.19. The Morgan fingerprint density at radius 1 is 1.57 bits per heavy atom. The smallest absolute Gasteiger partial charge is 0.0945 e. The third-order valence-corrected chi connectivity index (χ3v) is 2.15. The van der Waals surface area contributed by atoms with E-state index in [4.69, 9.17) is 5.73 Å². The maximum absolute atomic E-state index is 9.71. The number of nitrogens with zero attached hydrogens (tertiary/aromatic N) is 2. The number of hydrogen-bond acceptors (Lipinski definition) is 3. The standard InChI is InChI=1S/C10H19N3O/c1-10(2,3)9-7(8(14)5-11)6-13(4)12-9/h6,8,14H,5,11H2,1-4H3/t8-/m1/s1. The van der Waals surface area contributed by atoms with Crippen LogP contribution in [0, 0.1) is 0 Å². The van der Waals surface area contributed by atoms with Gasteiger partial charge in [0.1, 0.15) is 0 Å². The molecule has 4 heteroatoms. The van der Waals surface area contributed by atoms with Gasteiger partial charge in [0, 0.05) is 30.8 Å². The van der Waals surface area contributed by atoms with Crippen molar-refractivity contribution < 1.29 is 5.11 Å². The van der Waals surface area contributed by atoms with Crippen LogP contribution in [-0.4, -0.2) is 21.4 Å². The van der Waals surface area contributed by atoms with Crippen LogP contribution in [0.5, 0.6) is 0 Å². The number of aromatic nitrogens is 2. The van der Waals surface area contributed by atoms with Gasteiger partial charge in [0.2, 0.25) is 0 Å². The molecule has 0 fully saturated rings. The van der Waals surface area contributed by atoms with Gasteiger partial charge in [0.05, 0.1) is 11.8 Å². The second kappa shape index (κ2) is 3.71. The highest BCUT2D eigenvalue weighted by Crippen LogP contribution is 2.27. The number of aryl methyl sites for hydroxylation is 1. The SMILES string of the molecule is Cn1cc([C@H](O)CN)c(C(C)(C)C)n1. The molecule has 80 valence electrons. The number of aliphatic hydroxyl groups excluding tert-OH is 1. The molecule has 0 bridgehead atoms. The molecule has 0 saturated heterocycles. The summed E-state index contributed by atoms with van der Waals surface area (Å²) in [6.07, 6.45) is 1.22. The summed E-state index contributed by atoms with van der Waals surface area (Å²) in [5.74, 6) is 0. The fourth-order valence-corrected chi connectivity index (χ4v) is 1.46. The van der Waals surface area contributed by atoms with Crippen LogP contribution in [0.25, 0.3) is 0 Å². The Morgan fingerprint density at radius 3 is 2.57 bits per heavy atom.